The molecule has 1 unspecified atom stereocenters. The molecule has 3 amide bonds. The lowest BCUT2D eigenvalue weighted by atomic mass is 9.88. The van der Waals surface area contributed by atoms with Gasteiger partial charge in [0.05, 0.1) is 0 Å². The summed E-state index contributed by atoms with van der Waals surface area (Å²) in [5.41, 5.74) is 0.648. The summed E-state index contributed by atoms with van der Waals surface area (Å²) in [4.78, 5) is 40.5. The van der Waals surface area contributed by atoms with Crippen LogP contribution in [0.1, 0.15) is 88.4 Å². The molecule has 0 bridgehead atoms. The number of unbranched alkanes of at least 4 members (excludes halogenated alkanes) is 1. The molecule has 3 atom stereocenters. The van der Waals surface area contributed by atoms with Crippen LogP contribution in [0.2, 0.25) is 0 Å². The van der Waals surface area contributed by atoms with Crippen molar-refractivity contribution >= 4 is 17.7 Å². The number of benzene rings is 1. The van der Waals surface area contributed by atoms with Crippen LogP contribution < -0.4 is 10.6 Å². The molecule has 2 fully saturated rings. The molecule has 1 aromatic carbocycles. The molecule has 1 saturated heterocycles. The highest BCUT2D eigenvalue weighted by atomic mass is 16.2. The Morgan fingerprint density at radius 2 is 1.58 bits per heavy atom. The number of hydrogen-bond acceptors (Lipinski definition) is 3. The Labute approximate surface area is 198 Å². The molecule has 0 spiro atoms. The molecule has 1 saturated carbocycles. The van der Waals surface area contributed by atoms with E-state index in [4.69, 9.17) is 0 Å². The number of carbonyl (C=O) groups is 3. The molecule has 2 N–H and O–H groups in total. The van der Waals surface area contributed by atoms with Gasteiger partial charge in [0.2, 0.25) is 11.8 Å². The van der Waals surface area contributed by atoms with Crippen LogP contribution in [0, 0.1) is 11.8 Å². The maximum Gasteiger partial charge on any atom is 0.251 e. The third-order valence-corrected chi connectivity index (χ3v) is 7.37. The molecule has 1 heterocycles. The van der Waals surface area contributed by atoms with Crippen molar-refractivity contribution in [3.63, 3.8) is 0 Å². The van der Waals surface area contributed by atoms with Gasteiger partial charge in [0.25, 0.3) is 5.91 Å². The third kappa shape index (κ3) is 7.05. The molecule has 0 aromatic heterocycles. The number of amides is 3. The topological polar surface area (TPSA) is 78.5 Å². The van der Waals surface area contributed by atoms with Crippen molar-refractivity contribution in [2.45, 2.75) is 90.1 Å². The van der Waals surface area contributed by atoms with Gasteiger partial charge in [-0.3, -0.25) is 14.4 Å². The van der Waals surface area contributed by atoms with Gasteiger partial charge in [0.15, 0.2) is 0 Å². The zero-order valence-electron chi connectivity index (χ0n) is 20.4. The molecule has 2 aliphatic rings. The van der Waals surface area contributed by atoms with E-state index in [0.29, 0.717) is 18.7 Å². The number of nitrogens with one attached hydrogen (secondary N) is 2. The second-order valence-electron chi connectivity index (χ2n) is 9.69. The van der Waals surface area contributed by atoms with Crippen molar-refractivity contribution in [3.05, 3.63) is 35.9 Å². The average Bonchev–Trinajstić information content (AvgIpc) is 2.86. The van der Waals surface area contributed by atoms with Crippen molar-refractivity contribution < 1.29 is 14.4 Å². The highest BCUT2D eigenvalue weighted by Crippen LogP contribution is 2.24. The Morgan fingerprint density at radius 1 is 0.939 bits per heavy atom. The van der Waals surface area contributed by atoms with Gasteiger partial charge in [0, 0.05) is 42.6 Å². The first kappa shape index (κ1) is 25.3. The summed E-state index contributed by atoms with van der Waals surface area (Å²) in [5, 5.41) is 6.39. The molecule has 182 valence electrons. The van der Waals surface area contributed by atoms with Crippen LogP contribution in [-0.2, 0) is 9.59 Å². The van der Waals surface area contributed by atoms with E-state index in [-0.39, 0.29) is 41.6 Å². The number of nitrogens with zero attached hydrogens (tertiary/aromatic N) is 1. The molecule has 6 nitrogen and oxygen atoms in total. The molecule has 1 aliphatic carbocycles. The highest BCUT2D eigenvalue weighted by molar-refractivity contribution is 5.94. The van der Waals surface area contributed by atoms with E-state index in [2.05, 4.69) is 24.5 Å². The largest absolute Gasteiger partial charge is 0.351 e. The zero-order valence-corrected chi connectivity index (χ0v) is 20.4. The SMILES string of the molecule is CCCCC(CC)C(=O)N1CCC(C(=O)N[C@@H]2CCCC[C@H]2NC(=O)c2ccccc2)CC1. The summed E-state index contributed by atoms with van der Waals surface area (Å²) >= 11 is 0. The molecule has 1 aromatic rings. The normalized spacial score (nSPS) is 22.4. The lowest BCUT2D eigenvalue weighted by Gasteiger charge is -2.36. The molecule has 1 aliphatic heterocycles. The average molecular weight is 456 g/mol. The van der Waals surface area contributed by atoms with Gasteiger partial charge < -0.3 is 15.5 Å². The maximum absolute atomic E-state index is 13.0. The van der Waals surface area contributed by atoms with Crippen LogP contribution in [0.3, 0.4) is 0 Å². The van der Waals surface area contributed by atoms with Crippen molar-refractivity contribution in [3.8, 4) is 0 Å². The Kier molecular flexibility index (Phi) is 9.76. The Morgan fingerprint density at radius 3 is 2.18 bits per heavy atom. The van der Waals surface area contributed by atoms with Gasteiger partial charge >= 0.3 is 0 Å². The van der Waals surface area contributed by atoms with E-state index >= 15 is 0 Å². The minimum Gasteiger partial charge on any atom is -0.351 e. The molecule has 6 heteroatoms. The van der Waals surface area contributed by atoms with Gasteiger partial charge in [-0.2, -0.15) is 0 Å². The van der Waals surface area contributed by atoms with Crippen LogP contribution >= 0.6 is 0 Å². The summed E-state index contributed by atoms with van der Waals surface area (Å²) in [6.45, 7) is 5.58. The summed E-state index contributed by atoms with van der Waals surface area (Å²) in [6.07, 6.45) is 9.37. The highest BCUT2D eigenvalue weighted by Gasteiger charge is 2.33. The number of carbonyl (C=O) groups excluding carboxylic acids is 3. The quantitative estimate of drug-likeness (QED) is 0.583. The summed E-state index contributed by atoms with van der Waals surface area (Å²) in [7, 11) is 0. The van der Waals surface area contributed by atoms with E-state index in [0.717, 1.165) is 64.2 Å². The van der Waals surface area contributed by atoms with Gasteiger partial charge in [-0.25, -0.2) is 0 Å². The number of likely N-dealkylation sites (tertiary alicyclic amines) is 1. The molecule has 0 radical (unpaired) electrons. The van der Waals surface area contributed by atoms with E-state index < -0.39 is 0 Å². The minimum absolute atomic E-state index is 0.0305. The Hall–Kier alpha value is -2.37. The fourth-order valence-electron chi connectivity index (χ4n) is 5.19. The van der Waals surface area contributed by atoms with Gasteiger partial charge in [0.1, 0.15) is 0 Å². The minimum atomic E-state index is -0.0814. The molecule has 3 rings (SSSR count). The lowest BCUT2D eigenvalue weighted by Crippen LogP contribution is -2.55. The van der Waals surface area contributed by atoms with Crippen LogP contribution in [0.15, 0.2) is 30.3 Å². The number of piperidine rings is 1. The van der Waals surface area contributed by atoms with Gasteiger partial charge in [-0.1, -0.05) is 57.7 Å². The first-order valence-corrected chi connectivity index (χ1v) is 13.0. The second kappa shape index (κ2) is 12.8. The Bertz CT molecular complexity index is 774. The molecular formula is C27H41N3O3. The number of rotatable bonds is 9. The Balaban J connectivity index is 1.50. The van der Waals surface area contributed by atoms with Gasteiger partial charge in [-0.15, -0.1) is 0 Å². The fourth-order valence-corrected chi connectivity index (χ4v) is 5.19. The standard InChI is InChI=1S/C27H41N3O3/c1-3-5-11-20(4-2)27(33)30-18-16-22(17-19-30)26(32)29-24-15-10-9-14-23(24)28-25(31)21-12-7-6-8-13-21/h6-8,12-13,20,22-24H,3-5,9-11,14-19H2,1-2H3,(H,28,31)(H,29,32)/t20?,23-,24-/m1/s1. The first-order valence-electron chi connectivity index (χ1n) is 13.0. The fraction of sp³-hybridized carbons (Fsp3) is 0.667. The number of hydrogen-bond donors (Lipinski definition) is 2. The van der Waals surface area contributed by atoms with E-state index in [1.807, 2.05) is 35.2 Å². The summed E-state index contributed by atoms with van der Waals surface area (Å²) in [6, 6.07) is 9.17. The monoisotopic (exact) mass is 455 g/mol. The van der Waals surface area contributed by atoms with Gasteiger partial charge in [-0.05, 0) is 50.7 Å². The van der Waals surface area contributed by atoms with E-state index in [1.54, 1.807) is 0 Å². The predicted molar refractivity (Wildman–Crippen MR) is 131 cm³/mol. The molecule has 33 heavy (non-hydrogen) atoms. The summed E-state index contributed by atoms with van der Waals surface area (Å²) < 4.78 is 0. The van der Waals surface area contributed by atoms with Crippen molar-refractivity contribution in [2.24, 2.45) is 11.8 Å². The molecular weight excluding hydrogens is 414 g/mol. The smallest absolute Gasteiger partial charge is 0.251 e. The van der Waals surface area contributed by atoms with Crippen molar-refractivity contribution in [1.29, 1.82) is 0 Å². The maximum atomic E-state index is 13.0. The van der Waals surface area contributed by atoms with E-state index in [9.17, 15) is 14.4 Å². The second-order valence-corrected chi connectivity index (χ2v) is 9.69. The van der Waals surface area contributed by atoms with Crippen LogP contribution in [0.5, 0.6) is 0 Å². The summed E-state index contributed by atoms with van der Waals surface area (Å²) in [5.74, 6) is 0.317. The van der Waals surface area contributed by atoms with Crippen molar-refractivity contribution in [2.75, 3.05) is 13.1 Å². The lowest BCUT2D eigenvalue weighted by molar-refractivity contribution is -0.139. The first-order chi connectivity index (χ1) is 16.0. The van der Waals surface area contributed by atoms with Crippen LogP contribution in [-0.4, -0.2) is 47.8 Å². The van der Waals surface area contributed by atoms with Crippen LogP contribution in [0.4, 0.5) is 0 Å². The van der Waals surface area contributed by atoms with Crippen molar-refractivity contribution in [1.82, 2.24) is 15.5 Å². The van der Waals surface area contributed by atoms with E-state index in [1.165, 1.54) is 0 Å². The third-order valence-electron chi connectivity index (χ3n) is 7.37. The van der Waals surface area contributed by atoms with Crippen LogP contribution in [0.25, 0.3) is 0 Å². The zero-order chi connectivity index (χ0) is 23.6. The predicted octanol–water partition coefficient (Wildman–Crippen LogP) is 4.30.